The van der Waals surface area contributed by atoms with Gasteiger partial charge in [0.25, 0.3) is 6.47 Å². The van der Waals surface area contributed by atoms with E-state index in [2.05, 4.69) is 10.6 Å². The van der Waals surface area contributed by atoms with E-state index in [-0.39, 0.29) is 31.7 Å². The largest absolute Gasteiger partial charge is 0.468 e. The summed E-state index contributed by atoms with van der Waals surface area (Å²) in [7, 11) is 0. The van der Waals surface area contributed by atoms with Crippen LogP contribution in [0.15, 0.2) is 23.5 Å². The van der Waals surface area contributed by atoms with E-state index in [1.54, 1.807) is 6.92 Å². The van der Waals surface area contributed by atoms with Gasteiger partial charge in [0.15, 0.2) is 5.78 Å². The molecular formula is C21H38N2O6. The quantitative estimate of drug-likeness (QED) is 0.263. The number of hydrogen-bond acceptors (Lipinski definition) is 8. The third kappa shape index (κ3) is 15.7. The second kappa shape index (κ2) is 18.1. The molecule has 29 heavy (non-hydrogen) atoms. The molecule has 0 amide bonds. The third-order valence-electron chi connectivity index (χ3n) is 4.50. The van der Waals surface area contributed by atoms with Gasteiger partial charge in [0, 0.05) is 30.6 Å². The molecule has 1 rings (SSSR count). The van der Waals surface area contributed by atoms with E-state index in [1.807, 2.05) is 19.9 Å². The van der Waals surface area contributed by atoms with Gasteiger partial charge in [-0.05, 0) is 52.4 Å². The maximum atomic E-state index is 11.7. The third-order valence-corrected chi connectivity index (χ3v) is 4.50. The maximum absolute atomic E-state index is 11.7. The van der Waals surface area contributed by atoms with E-state index >= 15 is 0 Å². The molecule has 0 saturated heterocycles. The monoisotopic (exact) mass is 414 g/mol. The Morgan fingerprint density at radius 1 is 1.03 bits per heavy atom. The van der Waals surface area contributed by atoms with Gasteiger partial charge in [0.05, 0.1) is 25.9 Å². The molecule has 8 heteroatoms. The molecule has 0 atom stereocenters. The molecule has 8 nitrogen and oxygen atoms in total. The summed E-state index contributed by atoms with van der Waals surface area (Å²) in [6.07, 6.45) is 7.28. The number of allylic oxidation sites excluding steroid dienone is 3. The fraction of sp³-hybridized carbons (Fsp3) is 0.714. The van der Waals surface area contributed by atoms with Gasteiger partial charge in [0.2, 0.25) is 0 Å². The number of nitrogens with one attached hydrogen (secondary N) is 2. The van der Waals surface area contributed by atoms with Crippen molar-refractivity contribution in [1.82, 2.24) is 10.6 Å². The first-order valence-electron chi connectivity index (χ1n) is 10.2. The number of carbonyl (C=O) groups excluding carboxylic acids is 2. The second-order valence-corrected chi connectivity index (χ2v) is 6.95. The fourth-order valence-corrected chi connectivity index (χ4v) is 2.78. The van der Waals surface area contributed by atoms with Crippen LogP contribution in [-0.4, -0.2) is 68.1 Å². The van der Waals surface area contributed by atoms with Crippen molar-refractivity contribution < 1.29 is 29.3 Å². The van der Waals surface area contributed by atoms with Crippen molar-refractivity contribution in [2.45, 2.75) is 52.6 Å². The number of rotatable bonds is 13. The number of carbonyl (C=O) groups is 2. The zero-order valence-corrected chi connectivity index (χ0v) is 18.0. The van der Waals surface area contributed by atoms with Crippen molar-refractivity contribution in [3.63, 3.8) is 0 Å². The number of aliphatic hydroxyl groups excluding tert-OH is 2. The molecule has 168 valence electrons. The van der Waals surface area contributed by atoms with Crippen LogP contribution >= 0.6 is 0 Å². The van der Waals surface area contributed by atoms with Gasteiger partial charge in [-0.3, -0.25) is 9.59 Å². The van der Waals surface area contributed by atoms with Gasteiger partial charge >= 0.3 is 0 Å². The summed E-state index contributed by atoms with van der Waals surface area (Å²) >= 11 is 0. The average Bonchev–Trinajstić information content (AvgIpc) is 2.74. The van der Waals surface area contributed by atoms with Gasteiger partial charge in [-0.1, -0.05) is 6.08 Å². The molecule has 1 aliphatic carbocycles. The SMILES string of the molecule is C/C(=C/C(=O)COC1CCC(COC=O)CC1)NCCO.C/C=C(/C)NCCO. The molecule has 1 fully saturated rings. The molecule has 1 aliphatic rings. The van der Waals surface area contributed by atoms with Crippen molar-refractivity contribution >= 4 is 12.3 Å². The highest BCUT2D eigenvalue weighted by Crippen LogP contribution is 2.26. The smallest absolute Gasteiger partial charge is 0.293 e. The van der Waals surface area contributed by atoms with Crippen molar-refractivity contribution in [2.24, 2.45) is 5.92 Å². The predicted molar refractivity (Wildman–Crippen MR) is 112 cm³/mol. The van der Waals surface area contributed by atoms with Crippen LogP contribution in [0.2, 0.25) is 0 Å². The summed E-state index contributed by atoms with van der Waals surface area (Å²) < 4.78 is 10.4. The van der Waals surface area contributed by atoms with Crippen molar-refractivity contribution in [2.75, 3.05) is 39.5 Å². The topological polar surface area (TPSA) is 117 Å². The molecule has 0 bridgehead atoms. The Kier molecular flexibility index (Phi) is 17.0. The predicted octanol–water partition coefficient (Wildman–Crippen LogP) is 1.28. The zero-order chi connectivity index (χ0) is 21.9. The first-order valence-corrected chi connectivity index (χ1v) is 10.2. The number of hydrogen-bond donors (Lipinski definition) is 4. The highest BCUT2D eigenvalue weighted by molar-refractivity contribution is 5.91. The molecule has 0 aromatic rings. The highest BCUT2D eigenvalue weighted by Gasteiger charge is 2.22. The summed E-state index contributed by atoms with van der Waals surface area (Å²) in [5, 5.41) is 22.9. The Bertz CT molecular complexity index is 499. The van der Waals surface area contributed by atoms with Crippen LogP contribution in [-0.2, 0) is 19.1 Å². The normalized spacial score (nSPS) is 19.6. The van der Waals surface area contributed by atoms with Gasteiger partial charge < -0.3 is 30.3 Å². The minimum Gasteiger partial charge on any atom is -0.468 e. The molecule has 0 spiro atoms. The lowest BCUT2D eigenvalue weighted by Crippen LogP contribution is -2.26. The summed E-state index contributed by atoms with van der Waals surface area (Å²) in [4.78, 5) is 21.8. The van der Waals surface area contributed by atoms with E-state index < -0.39 is 0 Å². The minimum absolute atomic E-state index is 0.0347. The maximum Gasteiger partial charge on any atom is 0.293 e. The number of aliphatic hydroxyl groups is 2. The Morgan fingerprint density at radius 2 is 1.62 bits per heavy atom. The number of ketones is 1. The van der Waals surface area contributed by atoms with E-state index in [9.17, 15) is 9.59 Å². The van der Waals surface area contributed by atoms with Crippen LogP contribution in [0.4, 0.5) is 0 Å². The van der Waals surface area contributed by atoms with Crippen LogP contribution in [0.25, 0.3) is 0 Å². The Hall–Kier alpha value is -1.90. The molecule has 0 aliphatic heterocycles. The van der Waals surface area contributed by atoms with E-state index in [1.165, 1.54) is 6.08 Å². The van der Waals surface area contributed by atoms with Crippen molar-refractivity contribution in [3.8, 4) is 0 Å². The highest BCUT2D eigenvalue weighted by atomic mass is 16.5. The van der Waals surface area contributed by atoms with Crippen LogP contribution in [0.3, 0.4) is 0 Å². The van der Waals surface area contributed by atoms with E-state index in [0.717, 1.165) is 37.1 Å². The van der Waals surface area contributed by atoms with Gasteiger partial charge in [0.1, 0.15) is 6.61 Å². The number of ether oxygens (including phenoxy) is 2. The fourth-order valence-electron chi connectivity index (χ4n) is 2.78. The van der Waals surface area contributed by atoms with Gasteiger partial charge in [-0.2, -0.15) is 0 Å². The molecular weight excluding hydrogens is 376 g/mol. The summed E-state index contributed by atoms with van der Waals surface area (Å²) in [6.45, 7) is 8.07. The van der Waals surface area contributed by atoms with Crippen LogP contribution in [0.5, 0.6) is 0 Å². The lowest BCUT2D eigenvalue weighted by atomic mass is 9.88. The summed E-state index contributed by atoms with van der Waals surface area (Å²) in [5.74, 6) is 0.333. The first kappa shape index (κ1) is 27.1. The Labute approximate surface area is 174 Å². The van der Waals surface area contributed by atoms with Crippen molar-refractivity contribution in [3.05, 3.63) is 23.5 Å². The Morgan fingerprint density at radius 3 is 2.14 bits per heavy atom. The first-order chi connectivity index (χ1) is 14.0. The summed E-state index contributed by atoms with van der Waals surface area (Å²) in [6, 6.07) is 0. The minimum atomic E-state index is -0.0793. The van der Waals surface area contributed by atoms with Gasteiger partial charge in [-0.25, -0.2) is 0 Å². The lowest BCUT2D eigenvalue weighted by Gasteiger charge is -2.27. The zero-order valence-electron chi connectivity index (χ0n) is 18.0. The molecule has 1 saturated carbocycles. The average molecular weight is 415 g/mol. The molecule has 0 unspecified atom stereocenters. The molecule has 4 N–H and O–H groups in total. The van der Waals surface area contributed by atoms with Crippen LogP contribution in [0.1, 0.15) is 46.5 Å². The van der Waals surface area contributed by atoms with E-state index in [4.69, 9.17) is 19.7 Å². The lowest BCUT2D eigenvalue weighted by molar-refractivity contribution is -0.131. The van der Waals surface area contributed by atoms with Gasteiger partial charge in [-0.15, -0.1) is 0 Å². The van der Waals surface area contributed by atoms with Crippen LogP contribution < -0.4 is 10.6 Å². The van der Waals surface area contributed by atoms with Crippen LogP contribution in [0, 0.1) is 5.92 Å². The standard InChI is InChI=1S/C15H25NO5.C6H13NO/c1-12(16-6-7-17)8-14(19)10-21-15-4-2-13(3-5-15)9-20-11-18;1-3-6(2)7-4-5-8/h8,11,13,15-17H,2-7,9-10H2,1H3;3,7-8H,4-5H2,1-2H3/b12-8-;6-3-. The molecule has 0 aromatic heterocycles. The molecule has 0 aromatic carbocycles. The van der Waals surface area contributed by atoms with Crippen molar-refractivity contribution in [1.29, 1.82) is 0 Å². The van der Waals surface area contributed by atoms with E-state index in [0.29, 0.717) is 32.1 Å². The molecule has 0 heterocycles. The molecule has 0 radical (unpaired) electrons. The summed E-state index contributed by atoms with van der Waals surface area (Å²) in [5.41, 5.74) is 1.84. The Balaban J connectivity index is 0.000000828. The second-order valence-electron chi connectivity index (χ2n) is 6.95.